The van der Waals surface area contributed by atoms with E-state index in [0.717, 1.165) is 0 Å². The maximum Gasteiger partial charge on any atom is 0.668 e. The van der Waals surface area contributed by atoms with Crippen molar-refractivity contribution < 1.29 is 17.4 Å². The Morgan fingerprint density at radius 3 is 2.15 bits per heavy atom. The molecule has 0 heterocycles. The molecule has 0 rings (SSSR count). The van der Waals surface area contributed by atoms with Crippen LogP contribution in [0.25, 0.3) is 0 Å². The van der Waals surface area contributed by atoms with Crippen molar-refractivity contribution in [2.75, 3.05) is 20.8 Å². The van der Waals surface area contributed by atoms with Gasteiger partial charge in [-0.15, -0.1) is 6.58 Å². The Morgan fingerprint density at radius 2 is 1.85 bits per heavy atom. The van der Waals surface area contributed by atoms with E-state index in [9.17, 15) is 0 Å². The molecule has 0 aromatic carbocycles. The Kier molecular flexibility index (Phi) is 6.47. The molecule has 0 N–H and O–H groups in total. The number of rotatable bonds is 7. The SMILES string of the molecule is C=CCO[Si](OC)(OC)O[SiH](C)C. The molecule has 0 saturated heterocycles. The van der Waals surface area contributed by atoms with Crippen molar-refractivity contribution in [3.63, 3.8) is 0 Å². The summed E-state index contributed by atoms with van der Waals surface area (Å²) in [6, 6.07) is 0. The van der Waals surface area contributed by atoms with Crippen molar-refractivity contribution in [3.8, 4) is 0 Å². The molecule has 0 aliphatic carbocycles. The Hall–Kier alpha value is 0.0138. The summed E-state index contributed by atoms with van der Waals surface area (Å²) in [7, 11) is -0.983. The van der Waals surface area contributed by atoms with Gasteiger partial charge in [0.05, 0.1) is 6.61 Å². The lowest BCUT2D eigenvalue weighted by Crippen LogP contribution is -2.50. The van der Waals surface area contributed by atoms with Gasteiger partial charge < -0.3 is 17.4 Å². The second-order valence-electron chi connectivity index (χ2n) is 2.67. The summed E-state index contributed by atoms with van der Waals surface area (Å²) in [5.74, 6) is 0. The fourth-order valence-electron chi connectivity index (χ4n) is 0.781. The van der Waals surface area contributed by atoms with Gasteiger partial charge in [0, 0.05) is 14.2 Å². The van der Waals surface area contributed by atoms with Crippen molar-refractivity contribution in [2.45, 2.75) is 13.1 Å². The highest BCUT2D eigenvalue weighted by Gasteiger charge is 2.43. The van der Waals surface area contributed by atoms with Crippen molar-refractivity contribution in [1.29, 1.82) is 0 Å². The molecule has 0 fully saturated rings. The molecule has 4 nitrogen and oxygen atoms in total. The average Bonchev–Trinajstić information content (AvgIpc) is 2.12. The van der Waals surface area contributed by atoms with Crippen LogP contribution in [0.4, 0.5) is 0 Å². The summed E-state index contributed by atoms with van der Waals surface area (Å²) in [5, 5.41) is 0. The maximum atomic E-state index is 5.60. The first-order valence-electron chi connectivity index (χ1n) is 4.13. The topological polar surface area (TPSA) is 36.9 Å². The standard InChI is InChI=1S/C7H18O4Si2/c1-6-7-10-13(8-2,9-3)11-12(4)5/h6,12H,1,7H2,2-5H3. The minimum atomic E-state index is -2.84. The molecule has 0 aromatic rings. The minimum Gasteiger partial charge on any atom is -0.397 e. The van der Waals surface area contributed by atoms with Gasteiger partial charge in [0.25, 0.3) is 0 Å². The highest BCUT2D eigenvalue weighted by molar-refractivity contribution is 6.65. The highest BCUT2D eigenvalue weighted by atomic mass is 28.4. The van der Waals surface area contributed by atoms with Gasteiger partial charge in [0.15, 0.2) is 9.04 Å². The normalized spacial score (nSPS) is 12.1. The van der Waals surface area contributed by atoms with E-state index in [0.29, 0.717) is 6.61 Å². The lowest BCUT2D eigenvalue weighted by atomic mass is 10.7. The molecular weight excluding hydrogens is 204 g/mol. The molecule has 0 aromatic heterocycles. The zero-order chi connectivity index (χ0) is 10.3. The summed E-state index contributed by atoms with van der Waals surface area (Å²) in [4.78, 5) is 0. The van der Waals surface area contributed by atoms with Crippen LogP contribution in [0.1, 0.15) is 0 Å². The van der Waals surface area contributed by atoms with E-state index in [-0.39, 0.29) is 0 Å². The molecule has 0 aliphatic heterocycles. The fraction of sp³-hybridized carbons (Fsp3) is 0.714. The molecule has 0 amide bonds. The summed E-state index contributed by atoms with van der Waals surface area (Å²) < 4.78 is 21.3. The summed E-state index contributed by atoms with van der Waals surface area (Å²) >= 11 is 0. The number of hydrogen-bond acceptors (Lipinski definition) is 4. The highest BCUT2D eigenvalue weighted by Crippen LogP contribution is 2.10. The third-order valence-corrected chi connectivity index (χ3v) is 5.82. The molecule has 0 bridgehead atoms. The van der Waals surface area contributed by atoms with E-state index in [2.05, 4.69) is 6.58 Å². The summed E-state index contributed by atoms with van der Waals surface area (Å²) in [6.45, 7) is 8.01. The van der Waals surface area contributed by atoms with Crippen LogP contribution in [-0.2, 0) is 17.4 Å². The fourth-order valence-corrected chi connectivity index (χ4v) is 4.86. The first-order valence-corrected chi connectivity index (χ1v) is 8.54. The van der Waals surface area contributed by atoms with Crippen LogP contribution in [0.5, 0.6) is 0 Å². The Balaban J connectivity index is 4.20. The zero-order valence-corrected chi connectivity index (χ0v) is 10.9. The van der Waals surface area contributed by atoms with E-state index in [1.807, 2.05) is 13.1 Å². The molecule has 13 heavy (non-hydrogen) atoms. The Morgan fingerprint density at radius 1 is 1.31 bits per heavy atom. The van der Waals surface area contributed by atoms with Crippen molar-refractivity contribution in [3.05, 3.63) is 12.7 Å². The van der Waals surface area contributed by atoms with Gasteiger partial charge in [-0.2, -0.15) is 0 Å². The molecule has 0 atom stereocenters. The number of hydrogen-bond donors (Lipinski definition) is 0. The summed E-state index contributed by atoms with van der Waals surface area (Å²) in [6.07, 6.45) is 1.64. The van der Waals surface area contributed by atoms with Crippen LogP contribution >= 0.6 is 0 Å². The second-order valence-corrected chi connectivity index (χ2v) is 7.82. The van der Waals surface area contributed by atoms with E-state index >= 15 is 0 Å². The lowest BCUT2D eigenvalue weighted by molar-refractivity contribution is 0.0402. The van der Waals surface area contributed by atoms with Gasteiger partial charge in [0.2, 0.25) is 0 Å². The third kappa shape index (κ3) is 4.70. The van der Waals surface area contributed by atoms with Gasteiger partial charge in [0.1, 0.15) is 0 Å². The van der Waals surface area contributed by atoms with Crippen LogP contribution < -0.4 is 0 Å². The molecule has 6 heteroatoms. The first kappa shape index (κ1) is 13.0. The van der Waals surface area contributed by atoms with Crippen LogP contribution in [-0.4, -0.2) is 38.9 Å². The van der Waals surface area contributed by atoms with Gasteiger partial charge in [-0.1, -0.05) is 6.08 Å². The quantitative estimate of drug-likeness (QED) is 0.474. The minimum absolute atomic E-state index is 0.384. The van der Waals surface area contributed by atoms with E-state index in [1.54, 1.807) is 6.08 Å². The predicted molar refractivity (Wildman–Crippen MR) is 55.9 cm³/mol. The maximum absolute atomic E-state index is 5.60. The van der Waals surface area contributed by atoms with Gasteiger partial charge in [-0.3, -0.25) is 0 Å². The Labute approximate surface area is 82.7 Å². The van der Waals surface area contributed by atoms with E-state index < -0.39 is 18.1 Å². The monoisotopic (exact) mass is 222 g/mol. The summed E-state index contributed by atoms with van der Waals surface area (Å²) in [5.41, 5.74) is 0. The molecule has 78 valence electrons. The molecule has 0 radical (unpaired) electrons. The molecule has 0 spiro atoms. The molecular formula is C7H18O4Si2. The van der Waals surface area contributed by atoms with Crippen LogP contribution in [0.3, 0.4) is 0 Å². The lowest BCUT2D eigenvalue weighted by Gasteiger charge is -2.26. The van der Waals surface area contributed by atoms with Gasteiger partial charge in [-0.25, -0.2) is 0 Å². The predicted octanol–water partition coefficient (Wildman–Crippen LogP) is 0.917. The van der Waals surface area contributed by atoms with Crippen molar-refractivity contribution in [1.82, 2.24) is 0 Å². The van der Waals surface area contributed by atoms with Crippen LogP contribution in [0.2, 0.25) is 13.1 Å². The molecule has 0 saturated carbocycles. The van der Waals surface area contributed by atoms with Crippen LogP contribution in [0, 0.1) is 0 Å². The van der Waals surface area contributed by atoms with Crippen LogP contribution in [0.15, 0.2) is 12.7 Å². The second kappa shape index (κ2) is 6.47. The smallest absolute Gasteiger partial charge is 0.397 e. The average molecular weight is 222 g/mol. The third-order valence-electron chi connectivity index (χ3n) is 1.26. The van der Waals surface area contributed by atoms with E-state index in [1.165, 1.54) is 14.2 Å². The molecule has 0 unspecified atom stereocenters. The largest absolute Gasteiger partial charge is 0.668 e. The Bertz CT molecular complexity index is 147. The van der Waals surface area contributed by atoms with Crippen molar-refractivity contribution >= 4 is 18.1 Å². The zero-order valence-electron chi connectivity index (χ0n) is 8.70. The first-order chi connectivity index (χ1) is 6.10. The van der Waals surface area contributed by atoms with Gasteiger partial charge >= 0.3 is 9.05 Å². The van der Waals surface area contributed by atoms with Crippen molar-refractivity contribution in [2.24, 2.45) is 0 Å². The molecule has 0 aliphatic rings. The van der Waals surface area contributed by atoms with E-state index in [4.69, 9.17) is 17.4 Å². The van der Waals surface area contributed by atoms with Gasteiger partial charge in [-0.05, 0) is 13.1 Å².